The molecule has 1 aromatic carbocycles. The first-order valence-corrected chi connectivity index (χ1v) is 5.95. The lowest BCUT2D eigenvalue weighted by molar-refractivity contribution is 0.0792. The van der Waals surface area contributed by atoms with Crippen LogP contribution >= 0.6 is 0 Å². The zero-order chi connectivity index (χ0) is 12.3. The first kappa shape index (κ1) is 12.2. The van der Waals surface area contributed by atoms with E-state index in [0.29, 0.717) is 5.75 Å². The van der Waals surface area contributed by atoms with Crippen LogP contribution in [0, 0.1) is 0 Å². The van der Waals surface area contributed by atoms with E-state index in [9.17, 15) is 10.2 Å². The fourth-order valence-corrected chi connectivity index (χ4v) is 2.17. The number of aliphatic hydroxyl groups excluding tert-OH is 1. The number of phenolic OH excluding ortho intramolecular Hbond substituents is 1. The van der Waals surface area contributed by atoms with Crippen molar-refractivity contribution in [1.82, 2.24) is 4.90 Å². The Balaban J connectivity index is 1.97. The first-order valence-electron chi connectivity index (χ1n) is 5.95. The van der Waals surface area contributed by atoms with E-state index in [-0.39, 0.29) is 11.9 Å². The second kappa shape index (κ2) is 5.38. The minimum Gasteiger partial charge on any atom is -0.504 e. The Labute approximate surface area is 101 Å². The van der Waals surface area contributed by atoms with E-state index in [1.54, 1.807) is 19.2 Å². The quantitative estimate of drug-likeness (QED) is 0.833. The van der Waals surface area contributed by atoms with Crippen LogP contribution in [0.15, 0.2) is 18.2 Å². The second-order valence-corrected chi connectivity index (χ2v) is 4.51. The molecule has 1 heterocycles. The lowest BCUT2D eigenvalue weighted by Crippen LogP contribution is -2.35. The molecule has 0 saturated carbocycles. The lowest BCUT2D eigenvalue weighted by atomic mass is 10.1. The molecule has 1 aliphatic heterocycles. The first-order chi connectivity index (χ1) is 8.19. The molecule has 0 unspecified atom stereocenters. The number of aromatic hydroxyl groups is 1. The molecule has 2 N–H and O–H groups in total. The summed E-state index contributed by atoms with van der Waals surface area (Å²) in [5.41, 5.74) is 1.07. The molecule has 0 aliphatic carbocycles. The molecule has 0 amide bonds. The predicted molar refractivity (Wildman–Crippen MR) is 65.2 cm³/mol. The van der Waals surface area contributed by atoms with Crippen molar-refractivity contribution >= 4 is 0 Å². The van der Waals surface area contributed by atoms with Gasteiger partial charge in [-0.15, -0.1) is 0 Å². The number of hydrogen-bond acceptors (Lipinski definition) is 4. The number of rotatable bonds is 3. The normalized spacial score (nSPS) is 18.2. The third-order valence-electron chi connectivity index (χ3n) is 3.21. The van der Waals surface area contributed by atoms with Gasteiger partial charge >= 0.3 is 0 Å². The zero-order valence-corrected chi connectivity index (χ0v) is 10.1. The highest BCUT2D eigenvalue weighted by atomic mass is 16.5. The van der Waals surface area contributed by atoms with Crippen molar-refractivity contribution in [2.24, 2.45) is 0 Å². The highest BCUT2D eigenvalue weighted by Gasteiger charge is 2.17. The monoisotopic (exact) mass is 237 g/mol. The predicted octanol–water partition coefficient (Wildman–Crippen LogP) is 1.36. The van der Waals surface area contributed by atoms with E-state index >= 15 is 0 Å². The fourth-order valence-electron chi connectivity index (χ4n) is 2.17. The van der Waals surface area contributed by atoms with Crippen molar-refractivity contribution in [2.75, 3.05) is 20.2 Å². The Morgan fingerprint density at radius 3 is 2.65 bits per heavy atom. The number of hydrogen-bond donors (Lipinski definition) is 2. The van der Waals surface area contributed by atoms with Crippen molar-refractivity contribution in [3.05, 3.63) is 23.8 Å². The summed E-state index contributed by atoms with van der Waals surface area (Å²) in [6.45, 7) is 2.63. The SMILES string of the molecule is COc1ccc(CN2CCC(O)CC2)cc1O. The van der Waals surface area contributed by atoms with E-state index in [4.69, 9.17) is 4.74 Å². The Morgan fingerprint density at radius 1 is 1.35 bits per heavy atom. The maximum atomic E-state index is 9.68. The summed E-state index contributed by atoms with van der Waals surface area (Å²) in [5, 5.41) is 19.1. The summed E-state index contributed by atoms with van der Waals surface area (Å²) >= 11 is 0. The topological polar surface area (TPSA) is 52.9 Å². The average Bonchev–Trinajstić information content (AvgIpc) is 2.32. The molecule has 1 saturated heterocycles. The van der Waals surface area contributed by atoms with Gasteiger partial charge in [-0.2, -0.15) is 0 Å². The van der Waals surface area contributed by atoms with Gasteiger partial charge in [0.15, 0.2) is 11.5 Å². The molecule has 1 aliphatic rings. The largest absolute Gasteiger partial charge is 0.504 e. The maximum absolute atomic E-state index is 9.68. The van der Waals surface area contributed by atoms with Crippen molar-refractivity contribution in [1.29, 1.82) is 0 Å². The highest BCUT2D eigenvalue weighted by molar-refractivity contribution is 5.41. The summed E-state index contributed by atoms with van der Waals surface area (Å²) in [4.78, 5) is 2.29. The molecule has 2 rings (SSSR count). The smallest absolute Gasteiger partial charge is 0.160 e. The van der Waals surface area contributed by atoms with Gasteiger partial charge in [-0.3, -0.25) is 4.90 Å². The van der Waals surface area contributed by atoms with Crippen LogP contribution in [0.1, 0.15) is 18.4 Å². The van der Waals surface area contributed by atoms with E-state index in [1.807, 2.05) is 6.07 Å². The Hall–Kier alpha value is -1.26. The average molecular weight is 237 g/mol. The molecule has 0 atom stereocenters. The minimum atomic E-state index is -0.143. The van der Waals surface area contributed by atoms with Gasteiger partial charge in [0.05, 0.1) is 13.2 Å². The molecule has 94 valence electrons. The number of phenols is 1. The van der Waals surface area contributed by atoms with Gasteiger partial charge < -0.3 is 14.9 Å². The zero-order valence-electron chi connectivity index (χ0n) is 10.1. The van der Waals surface area contributed by atoms with Gasteiger partial charge in [-0.1, -0.05) is 6.07 Å². The summed E-state index contributed by atoms with van der Waals surface area (Å²) < 4.78 is 5.01. The number of benzene rings is 1. The molecule has 0 spiro atoms. The van der Waals surface area contributed by atoms with Gasteiger partial charge in [0.2, 0.25) is 0 Å². The van der Waals surface area contributed by atoms with E-state index in [2.05, 4.69) is 4.90 Å². The van der Waals surface area contributed by atoms with E-state index < -0.39 is 0 Å². The van der Waals surface area contributed by atoms with Gasteiger partial charge in [0, 0.05) is 19.6 Å². The number of piperidine rings is 1. The lowest BCUT2D eigenvalue weighted by Gasteiger charge is -2.29. The molecule has 0 aromatic heterocycles. The van der Waals surface area contributed by atoms with Crippen LogP contribution in [0.3, 0.4) is 0 Å². The summed E-state index contributed by atoms with van der Waals surface area (Å²) in [6, 6.07) is 5.48. The van der Waals surface area contributed by atoms with Gasteiger partial charge in [-0.05, 0) is 30.5 Å². The van der Waals surface area contributed by atoms with Crippen LogP contribution in [0.4, 0.5) is 0 Å². The molecule has 4 nitrogen and oxygen atoms in total. The third kappa shape index (κ3) is 3.11. The molecule has 0 radical (unpaired) electrons. The molecular formula is C13H19NO3. The molecule has 17 heavy (non-hydrogen) atoms. The maximum Gasteiger partial charge on any atom is 0.160 e. The summed E-state index contributed by atoms with van der Waals surface area (Å²) in [6.07, 6.45) is 1.53. The number of aliphatic hydroxyl groups is 1. The van der Waals surface area contributed by atoms with Gasteiger partial charge in [0.25, 0.3) is 0 Å². The molecule has 1 fully saturated rings. The van der Waals surface area contributed by atoms with Crippen molar-refractivity contribution in [3.63, 3.8) is 0 Å². The van der Waals surface area contributed by atoms with Crippen LogP contribution in [-0.2, 0) is 6.54 Å². The standard InChI is InChI=1S/C13H19NO3/c1-17-13-3-2-10(8-12(13)16)9-14-6-4-11(15)5-7-14/h2-3,8,11,15-16H,4-7,9H2,1H3. The van der Waals surface area contributed by atoms with Gasteiger partial charge in [-0.25, -0.2) is 0 Å². The van der Waals surface area contributed by atoms with Crippen LogP contribution in [0.5, 0.6) is 11.5 Å². The minimum absolute atomic E-state index is 0.143. The second-order valence-electron chi connectivity index (χ2n) is 4.51. The van der Waals surface area contributed by atoms with Crippen LogP contribution in [0.2, 0.25) is 0 Å². The number of methoxy groups -OCH3 is 1. The Bertz CT molecular complexity index is 373. The fraction of sp³-hybridized carbons (Fsp3) is 0.538. The number of ether oxygens (including phenoxy) is 1. The molecule has 0 bridgehead atoms. The molecular weight excluding hydrogens is 218 g/mol. The van der Waals surface area contributed by atoms with Crippen LogP contribution in [-0.4, -0.2) is 41.4 Å². The number of likely N-dealkylation sites (tertiary alicyclic amines) is 1. The van der Waals surface area contributed by atoms with E-state index in [1.165, 1.54) is 0 Å². The highest BCUT2D eigenvalue weighted by Crippen LogP contribution is 2.27. The molecule has 4 heteroatoms. The Morgan fingerprint density at radius 2 is 2.06 bits per heavy atom. The summed E-state index contributed by atoms with van der Waals surface area (Å²) in [7, 11) is 1.54. The van der Waals surface area contributed by atoms with E-state index in [0.717, 1.165) is 38.0 Å². The Kier molecular flexibility index (Phi) is 3.86. The summed E-state index contributed by atoms with van der Waals surface area (Å²) in [5.74, 6) is 0.685. The van der Waals surface area contributed by atoms with Crippen molar-refractivity contribution in [2.45, 2.75) is 25.5 Å². The third-order valence-corrected chi connectivity index (χ3v) is 3.21. The van der Waals surface area contributed by atoms with Crippen molar-refractivity contribution < 1.29 is 14.9 Å². The number of nitrogens with zero attached hydrogens (tertiary/aromatic N) is 1. The van der Waals surface area contributed by atoms with Crippen molar-refractivity contribution in [3.8, 4) is 11.5 Å². The van der Waals surface area contributed by atoms with Gasteiger partial charge in [0.1, 0.15) is 0 Å². The van der Waals surface area contributed by atoms with Crippen LogP contribution in [0.25, 0.3) is 0 Å². The molecule has 1 aromatic rings. The van der Waals surface area contributed by atoms with Crippen LogP contribution < -0.4 is 4.74 Å².